The van der Waals surface area contributed by atoms with Gasteiger partial charge in [0.05, 0.1) is 12.3 Å². The fraction of sp³-hybridized carbons (Fsp3) is 0.714. The average molecular weight is 218 g/mol. The van der Waals surface area contributed by atoms with Crippen LogP contribution in [0.3, 0.4) is 0 Å². The van der Waals surface area contributed by atoms with Gasteiger partial charge in [-0.05, 0) is 13.3 Å². The van der Waals surface area contributed by atoms with E-state index in [1.807, 2.05) is 6.92 Å². The number of sulfonamides is 1. The molecule has 14 heavy (non-hydrogen) atoms. The zero-order valence-electron chi connectivity index (χ0n) is 8.24. The van der Waals surface area contributed by atoms with Crippen LogP contribution >= 0.6 is 0 Å². The third kappa shape index (κ3) is 3.43. The molecule has 0 atom stereocenters. The molecule has 80 valence electrons. The second kappa shape index (κ2) is 4.52. The van der Waals surface area contributed by atoms with E-state index in [1.54, 1.807) is 6.92 Å². The van der Waals surface area contributed by atoms with Gasteiger partial charge in [-0.2, -0.15) is 5.10 Å². The molecule has 0 bridgehead atoms. The topological polar surface area (TPSA) is 87.7 Å². The van der Waals surface area contributed by atoms with Crippen LogP contribution < -0.4 is 4.72 Å². The zero-order chi connectivity index (χ0) is 10.6. The number of aryl methyl sites for hydroxylation is 1. The van der Waals surface area contributed by atoms with E-state index in [9.17, 15) is 8.42 Å². The Bertz CT molecular complexity index is 384. The van der Waals surface area contributed by atoms with Gasteiger partial charge < -0.3 is 0 Å². The summed E-state index contributed by atoms with van der Waals surface area (Å²) in [6, 6.07) is 0. The van der Waals surface area contributed by atoms with E-state index in [1.165, 1.54) is 0 Å². The fourth-order valence-corrected chi connectivity index (χ4v) is 2.01. The van der Waals surface area contributed by atoms with Gasteiger partial charge in [0.25, 0.3) is 0 Å². The largest absolute Gasteiger partial charge is 0.263 e. The predicted octanol–water partition coefficient (Wildman–Crippen LogP) is -0.0575. The highest BCUT2D eigenvalue weighted by Crippen LogP contribution is 1.93. The molecule has 0 aromatic carbocycles. The van der Waals surface area contributed by atoms with Crippen LogP contribution in [0.5, 0.6) is 0 Å². The van der Waals surface area contributed by atoms with Gasteiger partial charge in [0.1, 0.15) is 5.82 Å². The standard InChI is InChI=1S/C7H14N4O2S/c1-3-4-14(12,13)8-5-7-9-6(2)10-11-7/h8H,3-5H2,1-2H3,(H,9,10,11). The van der Waals surface area contributed by atoms with E-state index in [0.29, 0.717) is 18.1 Å². The van der Waals surface area contributed by atoms with Crippen LogP contribution in [-0.2, 0) is 16.6 Å². The van der Waals surface area contributed by atoms with Gasteiger partial charge in [0.2, 0.25) is 10.0 Å². The van der Waals surface area contributed by atoms with E-state index in [-0.39, 0.29) is 12.3 Å². The molecule has 6 nitrogen and oxygen atoms in total. The van der Waals surface area contributed by atoms with Crippen LogP contribution in [-0.4, -0.2) is 29.4 Å². The van der Waals surface area contributed by atoms with Crippen LogP contribution in [0.15, 0.2) is 0 Å². The molecule has 1 aromatic heterocycles. The van der Waals surface area contributed by atoms with Crippen molar-refractivity contribution in [2.24, 2.45) is 0 Å². The summed E-state index contributed by atoms with van der Waals surface area (Å²) in [7, 11) is -3.16. The van der Waals surface area contributed by atoms with Crippen molar-refractivity contribution >= 4 is 10.0 Å². The lowest BCUT2D eigenvalue weighted by Crippen LogP contribution is -2.26. The molecule has 0 radical (unpaired) electrons. The zero-order valence-corrected chi connectivity index (χ0v) is 9.06. The van der Waals surface area contributed by atoms with Crippen molar-refractivity contribution in [3.63, 3.8) is 0 Å². The SMILES string of the molecule is CCCS(=O)(=O)NCc1n[nH]c(C)n1. The molecule has 7 heteroatoms. The first-order valence-corrected chi connectivity index (χ1v) is 6.04. The third-order valence-electron chi connectivity index (χ3n) is 1.57. The molecule has 1 heterocycles. The maximum absolute atomic E-state index is 11.2. The van der Waals surface area contributed by atoms with Crippen molar-refractivity contribution in [2.45, 2.75) is 26.8 Å². The molecule has 0 saturated carbocycles. The van der Waals surface area contributed by atoms with Crippen molar-refractivity contribution in [1.29, 1.82) is 0 Å². The summed E-state index contributed by atoms with van der Waals surface area (Å²) in [4.78, 5) is 3.98. The molecule has 2 N–H and O–H groups in total. The number of rotatable bonds is 5. The molecule has 0 fully saturated rings. The van der Waals surface area contributed by atoms with E-state index in [4.69, 9.17) is 0 Å². The Labute approximate surface area is 83.2 Å². The summed E-state index contributed by atoms with van der Waals surface area (Å²) >= 11 is 0. The molecule has 0 unspecified atom stereocenters. The Morgan fingerprint density at radius 2 is 2.21 bits per heavy atom. The first-order chi connectivity index (χ1) is 6.53. The quantitative estimate of drug-likeness (QED) is 0.725. The predicted molar refractivity (Wildman–Crippen MR) is 52.0 cm³/mol. The van der Waals surface area contributed by atoms with E-state index in [2.05, 4.69) is 19.9 Å². The molecule has 1 rings (SSSR count). The smallest absolute Gasteiger partial charge is 0.211 e. The van der Waals surface area contributed by atoms with Gasteiger partial charge in [-0.15, -0.1) is 0 Å². The number of nitrogens with zero attached hydrogens (tertiary/aromatic N) is 2. The number of hydrogen-bond donors (Lipinski definition) is 2. The molecular formula is C7H14N4O2S. The molecule has 0 spiro atoms. The molecule has 0 aliphatic carbocycles. The van der Waals surface area contributed by atoms with E-state index < -0.39 is 10.0 Å². The number of hydrogen-bond acceptors (Lipinski definition) is 4. The minimum atomic E-state index is -3.16. The summed E-state index contributed by atoms with van der Waals surface area (Å²) in [5.41, 5.74) is 0. The molecule has 0 aliphatic rings. The van der Waals surface area contributed by atoms with Crippen LogP contribution in [0.25, 0.3) is 0 Å². The molecule has 0 saturated heterocycles. The van der Waals surface area contributed by atoms with Crippen molar-refractivity contribution in [3.8, 4) is 0 Å². The minimum absolute atomic E-state index is 0.135. The lowest BCUT2D eigenvalue weighted by molar-refractivity contribution is 0.578. The highest BCUT2D eigenvalue weighted by molar-refractivity contribution is 7.89. The summed E-state index contributed by atoms with van der Waals surface area (Å²) in [5, 5.41) is 6.46. The lowest BCUT2D eigenvalue weighted by Gasteiger charge is -2.01. The van der Waals surface area contributed by atoms with Gasteiger partial charge in [-0.3, -0.25) is 5.10 Å². The Balaban J connectivity index is 2.48. The Morgan fingerprint density at radius 3 is 2.71 bits per heavy atom. The molecule has 0 aliphatic heterocycles. The van der Waals surface area contributed by atoms with E-state index in [0.717, 1.165) is 0 Å². The minimum Gasteiger partial charge on any atom is -0.263 e. The number of nitrogens with one attached hydrogen (secondary N) is 2. The molecule has 0 amide bonds. The summed E-state index contributed by atoms with van der Waals surface area (Å²) in [5.74, 6) is 1.27. The summed E-state index contributed by atoms with van der Waals surface area (Å²) in [6.07, 6.45) is 0.600. The van der Waals surface area contributed by atoms with Gasteiger partial charge in [0.15, 0.2) is 5.82 Å². The van der Waals surface area contributed by atoms with Gasteiger partial charge >= 0.3 is 0 Å². The second-order valence-electron chi connectivity index (χ2n) is 2.98. The summed E-state index contributed by atoms with van der Waals surface area (Å²) < 4.78 is 24.9. The molecular weight excluding hydrogens is 204 g/mol. The number of H-pyrrole nitrogens is 1. The van der Waals surface area contributed by atoms with Gasteiger partial charge in [-0.25, -0.2) is 18.1 Å². The average Bonchev–Trinajstić information content (AvgIpc) is 2.48. The fourth-order valence-electron chi connectivity index (χ4n) is 0.983. The molecule has 1 aromatic rings. The third-order valence-corrected chi connectivity index (χ3v) is 3.10. The number of aromatic amines is 1. The van der Waals surface area contributed by atoms with Crippen LogP contribution in [0, 0.1) is 6.92 Å². The first-order valence-electron chi connectivity index (χ1n) is 4.38. The van der Waals surface area contributed by atoms with Crippen molar-refractivity contribution < 1.29 is 8.42 Å². The highest BCUT2D eigenvalue weighted by atomic mass is 32.2. The van der Waals surface area contributed by atoms with Crippen molar-refractivity contribution in [3.05, 3.63) is 11.6 Å². The second-order valence-corrected chi connectivity index (χ2v) is 4.90. The van der Waals surface area contributed by atoms with Crippen molar-refractivity contribution in [1.82, 2.24) is 19.9 Å². The Hall–Kier alpha value is -0.950. The van der Waals surface area contributed by atoms with Crippen LogP contribution in [0.2, 0.25) is 0 Å². The Kier molecular flexibility index (Phi) is 3.59. The van der Waals surface area contributed by atoms with Gasteiger partial charge in [-0.1, -0.05) is 6.92 Å². The highest BCUT2D eigenvalue weighted by Gasteiger charge is 2.09. The van der Waals surface area contributed by atoms with Crippen LogP contribution in [0.4, 0.5) is 0 Å². The maximum Gasteiger partial charge on any atom is 0.211 e. The van der Waals surface area contributed by atoms with Crippen molar-refractivity contribution in [2.75, 3.05) is 5.75 Å². The van der Waals surface area contributed by atoms with Crippen LogP contribution in [0.1, 0.15) is 25.0 Å². The first kappa shape index (κ1) is 11.1. The van der Waals surface area contributed by atoms with Gasteiger partial charge in [0, 0.05) is 0 Å². The summed E-state index contributed by atoms with van der Waals surface area (Å²) in [6.45, 7) is 3.72. The monoisotopic (exact) mass is 218 g/mol. The van der Waals surface area contributed by atoms with E-state index >= 15 is 0 Å². The maximum atomic E-state index is 11.2. The lowest BCUT2D eigenvalue weighted by atomic mass is 10.6. The Morgan fingerprint density at radius 1 is 1.50 bits per heavy atom. The number of aromatic nitrogens is 3. The normalized spacial score (nSPS) is 11.9.